The number of aliphatic imine (C=N–C) groups is 2. The summed E-state index contributed by atoms with van der Waals surface area (Å²) in [5.74, 6) is 0.786. The van der Waals surface area contributed by atoms with Crippen LogP contribution in [0, 0.1) is 0 Å². The highest BCUT2D eigenvalue weighted by molar-refractivity contribution is 6.24. The number of fused-ring (bicyclic) bond motifs is 2. The van der Waals surface area contributed by atoms with E-state index in [1.54, 1.807) is 12.1 Å². The highest BCUT2D eigenvalue weighted by atomic mass is 16.2. The van der Waals surface area contributed by atoms with Gasteiger partial charge < -0.3 is 10.6 Å². The molecule has 0 saturated heterocycles. The van der Waals surface area contributed by atoms with Crippen LogP contribution in [0.3, 0.4) is 0 Å². The number of amides is 2. The summed E-state index contributed by atoms with van der Waals surface area (Å²) < 4.78 is 0. The average molecular weight is 366 g/mol. The van der Waals surface area contributed by atoms with E-state index in [-0.39, 0.29) is 11.8 Å². The van der Waals surface area contributed by atoms with Gasteiger partial charge in [-0.25, -0.2) is 9.98 Å². The van der Waals surface area contributed by atoms with Gasteiger partial charge in [0, 0.05) is 11.1 Å². The number of amidine groups is 2. The molecule has 0 fully saturated rings. The zero-order valence-electron chi connectivity index (χ0n) is 14.6. The number of nitrogens with zero attached hydrogens (tertiary/aromatic N) is 2. The Morgan fingerprint density at radius 2 is 0.857 bits per heavy atom. The molecule has 0 aromatic heterocycles. The number of hydrogen-bond donors (Lipinski definition) is 2. The molecule has 2 aliphatic heterocycles. The quantitative estimate of drug-likeness (QED) is 0.729. The first-order chi connectivity index (χ1) is 13.7. The van der Waals surface area contributed by atoms with E-state index < -0.39 is 0 Å². The molecule has 2 aliphatic rings. The van der Waals surface area contributed by atoms with E-state index in [0.717, 1.165) is 11.1 Å². The summed E-state index contributed by atoms with van der Waals surface area (Å²) in [4.78, 5) is 33.1. The van der Waals surface area contributed by atoms with E-state index in [2.05, 4.69) is 20.6 Å². The van der Waals surface area contributed by atoms with E-state index in [1.165, 1.54) is 0 Å². The SMILES string of the molecule is O=C1N/C(=N\c2ccc(/N=C3\NC(=O)c4ccccc43)cc2)c2ccccc21. The van der Waals surface area contributed by atoms with Crippen molar-refractivity contribution in [3.63, 3.8) is 0 Å². The molecule has 6 heteroatoms. The summed E-state index contributed by atoms with van der Waals surface area (Å²) in [5, 5.41) is 5.59. The Kier molecular flexibility index (Phi) is 3.62. The van der Waals surface area contributed by atoms with E-state index >= 15 is 0 Å². The lowest BCUT2D eigenvalue weighted by Gasteiger charge is -2.02. The van der Waals surface area contributed by atoms with Gasteiger partial charge in [0.15, 0.2) is 0 Å². The second-order valence-corrected chi connectivity index (χ2v) is 6.44. The molecule has 0 unspecified atom stereocenters. The third-order valence-electron chi connectivity index (χ3n) is 4.65. The largest absolute Gasteiger partial charge is 0.306 e. The van der Waals surface area contributed by atoms with Crippen molar-refractivity contribution in [3.8, 4) is 0 Å². The van der Waals surface area contributed by atoms with Crippen LogP contribution in [0.15, 0.2) is 82.8 Å². The summed E-state index contributed by atoms with van der Waals surface area (Å²) >= 11 is 0. The highest BCUT2D eigenvalue weighted by Crippen LogP contribution is 2.24. The number of rotatable bonds is 2. The van der Waals surface area contributed by atoms with Crippen molar-refractivity contribution in [3.05, 3.63) is 95.1 Å². The van der Waals surface area contributed by atoms with Crippen molar-refractivity contribution in [1.29, 1.82) is 0 Å². The molecule has 0 spiro atoms. The summed E-state index contributed by atoms with van der Waals surface area (Å²) in [7, 11) is 0. The fraction of sp³-hybridized carbons (Fsp3) is 0. The molecular formula is C22H14N4O2. The van der Waals surface area contributed by atoms with Gasteiger partial charge in [0.25, 0.3) is 11.8 Å². The van der Waals surface area contributed by atoms with Crippen LogP contribution < -0.4 is 10.6 Å². The van der Waals surface area contributed by atoms with Crippen LogP contribution >= 0.6 is 0 Å². The monoisotopic (exact) mass is 366 g/mol. The third-order valence-corrected chi connectivity index (χ3v) is 4.65. The van der Waals surface area contributed by atoms with Crippen molar-refractivity contribution in [1.82, 2.24) is 10.6 Å². The van der Waals surface area contributed by atoms with Crippen molar-refractivity contribution in [2.75, 3.05) is 0 Å². The second-order valence-electron chi connectivity index (χ2n) is 6.44. The number of nitrogens with one attached hydrogen (secondary N) is 2. The predicted molar refractivity (Wildman–Crippen MR) is 107 cm³/mol. The Balaban J connectivity index is 1.44. The summed E-state index contributed by atoms with van der Waals surface area (Å²) in [6, 6.07) is 22.0. The van der Waals surface area contributed by atoms with Gasteiger partial charge in [0.05, 0.1) is 22.5 Å². The van der Waals surface area contributed by atoms with E-state index in [1.807, 2.05) is 60.7 Å². The van der Waals surface area contributed by atoms with E-state index in [0.29, 0.717) is 34.2 Å². The molecule has 5 rings (SSSR count). The van der Waals surface area contributed by atoms with Crippen molar-refractivity contribution >= 4 is 34.9 Å². The standard InChI is InChI=1S/C22H14N4O2/c27-21-17-7-3-1-5-15(17)19(25-21)23-13-9-11-14(12-10-13)24-20-16-6-2-4-8-18(16)22(28)26-20/h1-12H,(H,23,25,27)(H,24,26,28). The Labute approximate surface area is 160 Å². The molecule has 3 aromatic carbocycles. The third kappa shape index (κ3) is 2.68. The fourth-order valence-corrected chi connectivity index (χ4v) is 3.30. The summed E-state index contributed by atoms with van der Waals surface area (Å²) in [6.07, 6.45) is 0. The zero-order chi connectivity index (χ0) is 19.1. The lowest BCUT2D eigenvalue weighted by molar-refractivity contribution is 0.0975. The van der Waals surface area contributed by atoms with Crippen LogP contribution in [0.5, 0.6) is 0 Å². The average Bonchev–Trinajstić information content (AvgIpc) is 3.21. The van der Waals surface area contributed by atoms with Crippen LogP contribution in [-0.2, 0) is 0 Å². The first-order valence-electron chi connectivity index (χ1n) is 8.78. The fourth-order valence-electron chi connectivity index (χ4n) is 3.30. The van der Waals surface area contributed by atoms with Gasteiger partial charge in [-0.2, -0.15) is 0 Å². The maximum atomic E-state index is 12.0. The molecule has 2 N–H and O–H groups in total. The Bertz CT molecular complexity index is 1100. The van der Waals surface area contributed by atoms with Gasteiger partial charge in [0.1, 0.15) is 11.7 Å². The van der Waals surface area contributed by atoms with E-state index in [9.17, 15) is 9.59 Å². The molecule has 28 heavy (non-hydrogen) atoms. The zero-order valence-corrected chi connectivity index (χ0v) is 14.6. The van der Waals surface area contributed by atoms with Gasteiger partial charge in [-0.05, 0) is 36.4 Å². The number of carbonyl (C=O) groups is 2. The maximum absolute atomic E-state index is 12.0. The molecule has 134 valence electrons. The Hall–Kier alpha value is -4.06. The van der Waals surface area contributed by atoms with E-state index in [4.69, 9.17) is 0 Å². The van der Waals surface area contributed by atoms with Crippen LogP contribution in [-0.4, -0.2) is 23.5 Å². The molecule has 2 heterocycles. The smallest absolute Gasteiger partial charge is 0.257 e. The number of carbonyl (C=O) groups excluding carboxylic acids is 2. The van der Waals surface area contributed by atoms with Crippen molar-refractivity contribution in [2.24, 2.45) is 9.98 Å². The van der Waals surface area contributed by atoms with Gasteiger partial charge >= 0.3 is 0 Å². The molecule has 3 aromatic rings. The van der Waals surface area contributed by atoms with Crippen LogP contribution in [0.2, 0.25) is 0 Å². The van der Waals surface area contributed by atoms with Gasteiger partial charge in [-0.3, -0.25) is 9.59 Å². The molecule has 0 aliphatic carbocycles. The molecule has 0 radical (unpaired) electrons. The molecule has 6 nitrogen and oxygen atoms in total. The van der Waals surface area contributed by atoms with Crippen LogP contribution in [0.25, 0.3) is 0 Å². The number of benzene rings is 3. The minimum atomic E-state index is -0.145. The topological polar surface area (TPSA) is 82.9 Å². The lowest BCUT2D eigenvalue weighted by Crippen LogP contribution is -2.21. The minimum absolute atomic E-state index is 0.145. The summed E-state index contributed by atoms with van der Waals surface area (Å²) in [6.45, 7) is 0. The molecule has 2 amide bonds. The Morgan fingerprint density at radius 1 is 0.500 bits per heavy atom. The maximum Gasteiger partial charge on any atom is 0.257 e. The number of hydrogen-bond acceptors (Lipinski definition) is 4. The van der Waals surface area contributed by atoms with Gasteiger partial charge in [0.2, 0.25) is 0 Å². The minimum Gasteiger partial charge on any atom is -0.306 e. The van der Waals surface area contributed by atoms with Crippen LogP contribution in [0.4, 0.5) is 11.4 Å². The first kappa shape index (κ1) is 16.1. The van der Waals surface area contributed by atoms with Crippen LogP contribution in [0.1, 0.15) is 31.8 Å². The van der Waals surface area contributed by atoms with Crippen molar-refractivity contribution < 1.29 is 9.59 Å². The highest BCUT2D eigenvalue weighted by Gasteiger charge is 2.25. The van der Waals surface area contributed by atoms with Gasteiger partial charge in [-0.15, -0.1) is 0 Å². The second kappa shape index (κ2) is 6.28. The first-order valence-corrected chi connectivity index (χ1v) is 8.78. The normalized spacial score (nSPS) is 17.4. The Morgan fingerprint density at radius 3 is 1.25 bits per heavy atom. The lowest BCUT2D eigenvalue weighted by atomic mass is 10.1. The van der Waals surface area contributed by atoms with Crippen molar-refractivity contribution in [2.45, 2.75) is 0 Å². The molecule has 0 saturated carbocycles. The van der Waals surface area contributed by atoms with Gasteiger partial charge in [-0.1, -0.05) is 36.4 Å². The molecule has 0 atom stereocenters. The predicted octanol–water partition coefficient (Wildman–Crippen LogP) is 3.33. The molecular weight excluding hydrogens is 352 g/mol. The molecule has 0 bridgehead atoms. The summed E-state index contributed by atoms with van der Waals surface area (Å²) in [5.41, 5.74) is 4.24.